The third-order valence-electron chi connectivity index (χ3n) is 7.06. The second-order valence-electron chi connectivity index (χ2n) is 9.81. The van der Waals surface area contributed by atoms with E-state index in [9.17, 15) is 9.59 Å². The van der Waals surface area contributed by atoms with Crippen LogP contribution in [-0.4, -0.2) is 44.5 Å². The second kappa shape index (κ2) is 8.96. The molecule has 4 N–H and O–H groups in total. The number of hydrogen-bond acceptors (Lipinski definition) is 5. The molecule has 36 heavy (non-hydrogen) atoms. The molecule has 0 bridgehead atoms. The number of nitrogens with zero attached hydrogens (tertiary/aromatic N) is 5. The number of carbonyl (C=O) groups is 2. The number of amides is 2. The summed E-state index contributed by atoms with van der Waals surface area (Å²) < 4.78 is 5.73. The summed E-state index contributed by atoms with van der Waals surface area (Å²) in [5.74, 6) is 6.05. The molecule has 1 aliphatic heterocycles. The normalized spacial score (nSPS) is 23.0. The van der Waals surface area contributed by atoms with Crippen molar-refractivity contribution >= 4 is 17.6 Å². The van der Waals surface area contributed by atoms with Gasteiger partial charge >= 0.3 is 202 Å². The van der Waals surface area contributed by atoms with Gasteiger partial charge in [-0.3, -0.25) is 0 Å². The maximum absolute atomic E-state index is 12.5. The van der Waals surface area contributed by atoms with Gasteiger partial charge in [-0.1, -0.05) is 18.2 Å². The fourth-order valence-electron chi connectivity index (χ4n) is 4.94. The summed E-state index contributed by atoms with van der Waals surface area (Å²) in [6.07, 6.45) is 8.59. The van der Waals surface area contributed by atoms with Gasteiger partial charge in [0, 0.05) is 0 Å². The summed E-state index contributed by atoms with van der Waals surface area (Å²) in [5.41, 5.74) is 14.7. The van der Waals surface area contributed by atoms with Gasteiger partial charge in [0.2, 0.25) is 0 Å². The predicted molar refractivity (Wildman–Crippen MR) is 130 cm³/mol. The van der Waals surface area contributed by atoms with Crippen molar-refractivity contribution in [3.8, 4) is 23.1 Å². The first-order valence-electron chi connectivity index (χ1n) is 12.1. The molecule has 0 radical (unpaired) electrons. The summed E-state index contributed by atoms with van der Waals surface area (Å²) in [6, 6.07) is 10.1. The van der Waals surface area contributed by atoms with Crippen LogP contribution in [0.1, 0.15) is 54.1 Å². The molecule has 0 unspecified atom stereocenters. The van der Waals surface area contributed by atoms with E-state index in [4.69, 9.17) is 16.6 Å². The number of halogens is 1. The Morgan fingerprint density at radius 2 is 1.97 bits per heavy atom. The first-order chi connectivity index (χ1) is 17.4. The van der Waals surface area contributed by atoms with E-state index < -0.39 is 27.4 Å². The number of alkyl halides is 1. The van der Waals surface area contributed by atoms with Gasteiger partial charge in [0.25, 0.3) is 0 Å². The number of benzene rings is 1. The molecule has 2 aliphatic carbocycles. The summed E-state index contributed by atoms with van der Waals surface area (Å²) in [4.78, 5) is 24.8. The number of nitrogens with two attached hydrogens (primary N) is 2. The van der Waals surface area contributed by atoms with Crippen LogP contribution in [0.25, 0.3) is 11.3 Å². The Bertz CT molecular complexity index is 1390. The number of carbonyl (C=O) groups excluding carboxylic acids is 2. The molecule has 3 aliphatic rings. The third-order valence-corrected chi connectivity index (χ3v) is 11.0. The van der Waals surface area contributed by atoms with Gasteiger partial charge in [-0.05, 0) is 0 Å². The quantitative estimate of drug-likeness (QED) is 0.173. The first-order valence-corrected chi connectivity index (χ1v) is 14.2. The summed E-state index contributed by atoms with van der Waals surface area (Å²) >= 11 is -0.453. The van der Waals surface area contributed by atoms with Crippen LogP contribution in [-0.2, 0) is 11.3 Å². The van der Waals surface area contributed by atoms with Gasteiger partial charge in [0.15, 0.2) is 0 Å². The number of primary amides is 1. The van der Waals surface area contributed by atoms with Gasteiger partial charge in [-0.15, -0.1) is 0 Å². The standard InChI is InChI=1S/C26H27IN7O2/c28-24-22(25(29)36)23(19-14-30-32(16-19)15-18-4-2-1-3-5-18)31-34(24)20-12-26(13-20)10-11-33(27-26)21(35)9-8-17-6-7-17/h1-5,14,16-17,20H,6-7,10-13,15,28H2,(H2,29,36)/q-1. The van der Waals surface area contributed by atoms with Crippen LogP contribution in [0.3, 0.4) is 0 Å². The topological polar surface area (TPSA) is 125 Å². The molecule has 3 heterocycles. The summed E-state index contributed by atoms with van der Waals surface area (Å²) in [5, 5.41) is 9.20. The molecule has 6 rings (SSSR count). The van der Waals surface area contributed by atoms with Crippen LogP contribution < -0.4 is 32.9 Å². The third kappa shape index (κ3) is 4.36. The zero-order chi connectivity index (χ0) is 24.9. The van der Waals surface area contributed by atoms with Gasteiger partial charge in [0.05, 0.1) is 0 Å². The van der Waals surface area contributed by atoms with Crippen molar-refractivity contribution in [1.29, 1.82) is 0 Å². The second-order valence-corrected chi connectivity index (χ2v) is 13.7. The van der Waals surface area contributed by atoms with Gasteiger partial charge in [-0.25, -0.2) is 0 Å². The molecule has 10 heteroatoms. The van der Waals surface area contributed by atoms with Gasteiger partial charge < -0.3 is 0 Å². The van der Waals surface area contributed by atoms with Crippen LogP contribution in [0.4, 0.5) is 5.82 Å². The van der Waals surface area contributed by atoms with Crippen molar-refractivity contribution < 1.29 is 31.1 Å². The molecule has 2 amide bonds. The average Bonchev–Trinajstić information content (AvgIpc) is 3.22. The van der Waals surface area contributed by atoms with E-state index in [1.165, 1.54) is 0 Å². The van der Waals surface area contributed by atoms with E-state index in [0.29, 0.717) is 29.5 Å². The van der Waals surface area contributed by atoms with E-state index in [1.54, 1.807) is 10.9 Å². The number of aromatic nitrogens is 4. The minimum absolute atomic E-state index is 0.0144. The molecule has 3 aromatic rings. The van der Waals surface area contributed by atoms with Crippen LogP contribution in [0.5, 0.6) is 0 Å². The summed E-state index contributed by atoms with van der Waals surface area (Å²) in [7, 11) is 0. The van der Waals surface area contributed by atoms with Crippen molar-refractivity contribution in [2.24, 2.45) is 11.7 Å². The molecule has 0 atom stereocenters. The van der Waals surface area contributed by atoms with Gasteiger partial charge in [-0.2, -0.15) is 0 Å². The van der Waals surface area contributed by atoms with E-state index in [-0.39, 0.29) is 20.9 Å². The van der Waals surface area contributed by atoms with E-state index in [2.05, 4.69) is 16.9 Å². The number of rotatable bonds is 5. The van der Waals surface area contributed by atoms with E-state index in [1.807, 2.05) is 44.3 Å². The van der Waals surface area contributed by atoms with Crippen molar-refractivity contribution in [2.75, 3.05) is 12.3 Å². The molecule has 9 nitrogen and oxygen atoms in total. The SMILES string of the molecule is NC(=O)c1c(-c2cnn(Cc3ccccc3)c2)nn(C2CC3(CCN(C(=O)C#CC4CC4)[I-]3)C2)c1N. The number of hydrogen-bond donors (Lipinski definition) is 2. The Hall–Kier alpha value is -3.33. The van der Waals surface area contributed by atoms with Crippen LogP contribution >= 0.6 is 0 Å². The Balaban J connectivity index is 1.18. The Morgan fingerprint density at radius 1 is 1.19 bits per heavy atom. The van der Waals surface area contributed by atoms with E-state index in [0.717, 1.165) is 44.2 Å². The minimum atomic E-state index is -0.599. The molecule has 1 saturated heterocycles. The predicted octanol–water partition coefficient (Wildman–Crippen LogP) is -0.801. The van der Waals surface area contributed by atoms with Crippen molar-refractivity contribution in [3.63, 3.8) is 0 Å². The molecule has 3 fully saturated rings. The first kappa shape index (κ1) is 23.1. The molecule has 1 spiro atoms. The molecule has 2 saturated carbocycles. The number of nitrogen functional groups attached to an aromatic ring is 1. The molecular formula is C26H27IN7O2-. The molecule has 2 aromatic heterocycles. The molecule has 1 aromatic carbocycles. The van der Waals surface area contributed by atoms with Crippen LogP contribution in [0.15, 0.2) is 42.7 Å². The van der Waals surface area contributed by atoms with Crippen molar-refractivity contribution in [2.45, 2.75) is 48.1 Å². The van der Waals surface area contributed by atoms with Crippen LogP contribution in [0, 0.1) is 17.8 Å². The van der Waals surface area contributed by atoms with Crippen molar-refractivity contribution in [1.82, 2.24) is 22.7 Å². The van der Waals surface area contributed by atoms with Crippen LogP contribution in [0.2, 0.25) is 0 Å². The zero-order valence-electron chi connectivity index (χ0n) is 19.7. The van der Waals surface area contributed by atoms with Crippen molar-refractivity contribution in [3.05, 3.63) is 53.9 Å². The average molecular weight is 596 g/mol. The Labute approximate surface area is 219 Å². The summed E-state index contributed by atoms with van der Waals surface area (Å²) in [6.45, 7) is 1.39. The maximum atomic E-state index is 12.5. The van der Waals surface area contributed by atoms with Gasteiger partial charge in [0.1, 0.15) is 0 Å². The molecular weight excluding hydrogens is 569 g/mol. The Morgan fingerprint density at radius 3 is 2.69 bits per heavy atom. The number of anilines is 1. The molecule has 186 valence electrons. The fourth-order valence-corrected chi connectivity index (χ4v) is 8.89. The zero-order valence-corrected chi connectivity index (χ0v) is 21.9. The monoisotopic (exact) mass is 596 g/mol. The van der Waals surface area contributed by atoms with E-state index >= 15 is 0 Å². The Kier molecular flexibility index (Phi) is 5.75. The fraction of sp³-hybridized carbons (Fsp3) is 0.385.